The fourth-order valence-corrected chi connectivity index (χ4v) is 14.7. The first kappa shape index (κ1) is 63.4. The Hall–Kier alpha value is -9.38. The zero-order valence-electron chi connectivity index (χ0n) is 58.3. The third-order valence-corrected chi connectivity index (χ3v) is 21.0. The van der Waals surface area contributed by atoms with Gasteiger partial charge in [0, 0.05) is 16.5 Å². The number of rotatable bonds is 13. The summed E-state index contributed by atoms with van der Waals surface area (Å²) in [5, 5.41) is 12.0. The van der Waals surface area contributed by atoms with E-state index in [-0.39, 0.29) is 22.0 Å². The summed E-state index contributed by atoms with van der Waals surface area (Å²) in [5.41, 5.74) is 31.5. The number of hydrogen-bond acceptors (Lipinski definition) is 3. The number of para-hydroxylation sites is 1. The highest BCUT2D eigenvalue weighted by Gasteiger charge is 2.47. The molecule has 0 spiro atoms. The van der Waals surface area contributed by atoms with Crippen molar-refractivity contribution in [1.82, 2.24) is 14.5 Å². The summed E-state index contributed by atoms with van der Waals surface area (Å²) in [5.74, 6) is 2.21. The zero-order valence-corrected chi connectivity index (χ0v) is 58.3. The van der Waals surface area contributed by atoms with Gasteiger partial charge in [0.1, 0.15) is 11.4 Å². The van der Waals surface area contributed by atoms with Crippen molar-refractivity contribution in [3.05, 3.63) is 262 Å². The molecular weight excluding hydrogens is 1140 g/mol. The van der Waals surface area contributed by atoms with Crippen molar-refractivity contribution < 1.29 is 5.11 Å². The number of benzene rings is 10. The number of aryl methyl sites for hydroxylation is 2. The highest BCUT2D eigenvalue weighted by molar-refractivity contribution is 6.09. The predicted octanol–water partition coefficient (Wildman–Crippen LogP) is 25.1. The summed E-state index contributed by atoms with van der Waals surface area (Å²) in [4.78, 5) is 11.9. The molecule has 472 valence electrons. The maximum absolute atomic E-state index is 12.0. The Balaban J connectivity index is 1.20. The number of nitrogens with zero attached hydrogens (tertiary/aromatic N) is 3. The number of aromatic hydroxyl groups is 1. The molecule has 1 N–H and O–H groups in total. The first-order valence-electron chi connectivity index (χ1n) is 34.1. The molecular formula is C90H91N3O. The van der Waals surface area contributed by atoms with Crippen molar-refractivity contribution in [1.29, 1.82) is 0 Å². The van der Waals surface area contributed by atoms with Gasteiger partial charge in [0.2, 0.25) is 0 Å². The molecule has 0 unspecified atom stereocenters. The molecule has 10 aromatic carbocycles. The normalized spacial score (nSPS) is 13.5. The van der Waals surface area contributed by atoms with Crippen LogP contribution in [0.1, 0.15) is 178 Å². The number of phenols is 1. The molecule has 0 saturated carbocycles. The van der Waals surface area contributed by atoms with Crippen molar-refractivity contribution in [3.63, 3.8) is 0 Å². The summed E-state index contributed by atoms with van der Waals surface area (Å²) >= 11 is 0. The standard InChI is InChI=1S/C90H91N3O/c1-53(2)63-46-64(54(3)4)49-67(48-63)72-37-25-38-73(68-50-65(55(5)6)47-66(51-68)56(7)8)82(72)74-41-44-78-85(81(74)62-33-22-32-61(45-62)80-70(59-29-19-18-20-30-59)35-24-36-71(80)60-31-23-34-69(52-60)88(11,12)13)92-87(93(78)86-57(9)27-21-28-58(86)10)77-43-42-76-84(91-77)83-75(39-26-40-79(83)94)89(14,15)90(76,16)17/h18-56,94H,1-17H3. The monoisotopic (exact) mass is 1230 g/mol. The molecule has 1 aliphatic carbocycles. The van der Waals surface area contributed by atoms with E-state index in [1.54, 1.807) is 6.07 Å². The van der Waals surface area contributed by atoms with Crippen molar-refractivity contribution >= 4 is 11.0 Å². The van der Waals surface area contributed by atoms with Crippen LogP contribution in [0.4, 0.5) is 0 Å². The van der Waals surface area contributed by atoms with Crippen LogP contribution in [0.2, 0.25) is 0 Å². The molecule has 1 aliphatic rings. The Labute approximate surface area is 559 Å². The van der Waals surface area contributed by atoms with Crippen molar-refractivity contribution in [3.8, 4) is 112 Å². The van der Waals surface area contributed by atoms with E-state index in [9.17, 15) is 5.11 Å². The van der Waals surface area contributed by atoms with E-state index >= 15 is 0 Å². The maximum atomic E-state index is 12.0. The Bertz CT molecular complexity index is 4770. The molecule has 13 rings (SSSR count). The van der Waals surface area contributed by atoms with E-state index in [1.807, 2.05) is 6.07 Å². The van der Waals surface area contributed by atoms with Crippen LogP contribution >= 0.6 is 0 Å². The second-order valence-electron chi connectivity index (χ2n) is 30.0. The van der Waals surface area contributed by atoms with E-state index in [1.165, 1.54) is 72.3 Å². The minimum absolute atomic E-state index is 0.0518. The molecule has 0 radical (unpaired) electrons. The zero-order chi connectivity index (χ0) is 66.4. The minimum atomic E-state index is -0.330. The summed E-state index contributed by atoms with van der Waals surface area (Å²) in [6, 6.07) is 79.6. The topological polar surface area (TPSA) is 50.9 Å². The smallest absolute Gasteiger partial charge is 0.164 e. The first-order chi connectivity index (χ1) is 44.8. The Morgan fingerprint density at radius 3 is 1.43 bits per heavy atom. The lowest BCUT2D eigenvalue weighted by atomic mass is 9.56. The van der Waals surface area contributed by atoms with Crippen LogP contribution in [0.15, 0.2) is 212 Å². The van der Waals surface area contributed by atoms with E-state index < -0.39 is 0 Å². The number of fused-ring (bicyclic) bond motifs is 4. The lowest BCUT2D eigenvalue weighted by Crippen LogP contribution is -2.43. The molecule has 0 bridgehead atoms. The fraction of sp³-hybridized carbons (Fsp3) is 0.267. The fourth-order valence-electron chi connectivity index (χ4n) is 14.7. The van der Waals surface area contributed by atoms with Crippen LogP contribution < -0.4 is 0 Å². The van der Waals surface area contributed by atoms with Gasteiger partial charge in [-0.1, -0.05) is 292 Å². The van der Waals surface area contributed by atoms with Gasteiger partial charge in [-0.15, -0.1) is 0 Å². The Morgan fingerprint density at radius 2 is 0.862 bits per heavy atom. The van der Waals surface area contributed by atoms with Crippen molar-refractivity contribution in [2.45, 2.75) is 158 Å². The second kappa shape index (κ2) is 24.2. The van der Waals surface area contributed by atoms with Gasteiger partial charge in [0.25, 0.3) is 0 Å². The molecule has 0 aliphatic heterocycles. The molecule has 0 amide bonds. The Kier molecular flexibility index (Phi) is 16.3. The average molecular weight is 1230 g/mol. The lowest BCUT2D eigenvalue weighted by molar-refractivity contribution is 0.296. The van der Waals surface area contributed by atoms with Gasteiger partial charge in [0.15, 0.2) is 5.82 Å². The molecule has 0 saturated heterocycles. The number of aromatic nitrogens is 3. The molecule has 0 atom stereocenters. The molecule has 2 heterocycles. The van der Waals surface area contributed by atoms with E-state index in [0.717, 1.165) is 95.1 Å². The van der Waals surface area contributed by atoms with Crippen molar-refractivity contribution in [2.24, 2.45) is 0 Å². The third kappa shape index (κ3) is 11.0. The predicted molar refractivity (Wildman–Crippen MR) is 400 cm³/mol. The second-order valence-corrected chi connectivity index (χ2v) is 30.0. The van der Waals surface area contributed by atoms with Gasteiger partial charge >= 0.3 is 0 Å². The van der Waals surface area contributed by atoms with Gasteiger partial charge in [-0.05, 0) is 195 Å². The largest absolute Gasteiger partial charge is 0.507 e. The minimum Gasteiger partial charge on any atom is -0.507 e. The van der Waals surface area contributed by atoms with Crippen LogP contribution in [-0.4, -0.2) is 19.6 Å². The summed E-state index contributed by atoms with van der Waals surface area (Å²) in [7, 11) is 0. The van der Waals surface area contributed by atoms with Crippen molar-refractivity contribution in [2.75, 3.05) is 0 Å². The van der Waals surface area contributed by atoms with Crippen LogP contribution in [0.5, 0.6) is 5.75 Å². The van der Waals surface area contributed by atoms with Crippen LogP contribution in [0, 0.1) is 13.8 Å². The quantitative estimate of drug-likeness (QED) is 0.125. The van der Waals surface area contributed by atoms with E-state index in [4.69, 9.17) is 9.97 Å². The van der Waals surface area contributed by atoms with E-state index in [2.05, 4.69) is 322 Å². The molecule has 12 aromatic rings. The van der Waals surface area contributed by atoms with E-state index in [0.29, 0.717) is 23.7 Å². The Morgan fingerprint density at radius 1 is 0.383 bits per heavy atom. The lowest BCUT2D eigenvalue weighted by Gasteiger charge is -2.47. The average Bonchev–Trinajstić information content (AvgIpc) is 1.07. The highest BCUT2D eigenvalue weighted by Crippen LogP contribution is 2.57. The third-order valence-electron chi connectivity index (χ3n) is 21.0. The molecule has 4 heteroatoms. The number of phenolic OH excluding ortho intramolecular Hbond substituents is 1. The van der Waals surface area contributed by atoms with Gasteiger partial charge in [-0.3, -0.25) is 4.57 Å². The number of hydrogen-bond donors (Lipinski definition) is 1. The summed E-state index contributed by atoms with van der Waals surface area (Å²) < 4.78 is 2.38. The SMILES string of the molecule is Cc1cccc(C)c1-n1c(-c2ccc3c(n2)-c2c(O)cccc2C(C)(C)C3(C)C)nc2c(-c3cccc(-c4c(-c5ccccc5)cccc4-c4cccc(C(C)(C)C)c4)c3)c(-c3c(-c4cc(C(C)C)cc(C(C)C)c4)cccc3-c3cc(C(C)C)cc(C(C)C)c3)ccc21. The van der Waals surface area contributed by atoms with Gasteiger partial charge < -0.3 is 5.11 Å². The highest BCUT2D eigenvalue weighted by atomic mass is 16.3. The van der Waals surface area contributed by atoms with Crippen LogP contribution in [0.25, 0.3) is 117 Å². The molecule has 94 heavy (non-hydrogen) atoms. The molecule has 0 fully saturated rings. The molecule has 4 nitrogen and oxygen atoms in total. The summed E-state index contributed by atoms with van der Waals surface area (Å²) in [6.45, 7) is 39.1. The van der Waals surface area contributed by atoms with Gasteiger partial charge in [0.05, 0.1) is 22.4 Å². The maximum Gasteiger partial charge on any atom is 0.164 e. The first-order valence-corrected chi connectivity index (χ1v) is 34.1. The molecule has 2 aromatic heterocycles. The van der Waals surface area contributed by atoms with Gasteiger partial charge in [-0.2, -0.15) is 0 Å². The number of imidazole rings is 1. The number of pyridine rings is 1. The van der Waals surface area contributed by atoms with Crippen LogP contribution in [-0.2, 0) is 16.2 Å². The van der Waals surface area contributed by atoms with Gasteiger partial charge in [-0.25, -0.2) is 9.97 Å². The van der Waals surface area contributed by atoms with Crippen LogP contribution in [0.3, 0.4) is 0 Å². The summed E-state index contributed by atoms with van der Waals surface area (Å²) in [6.07, 6.45) is 0.